The van der Waals surface area contributed by atoms with Crippen molar-refractivity contribution in [2.24, 2.45) is 0 Å². The quantitative estimate of drug-likeness (QED) is 0.212. The Bertz CT molecular complexity index is 1270. The molecular weight excluding hydrogens is 634 g/mol. The van der Waals surface area contributed by atoms with Gasteiger partial charge in [-0.25, -0.2) is 0 Å². The molecule has 2 atom stereocenters. The van der Waals surface area contributed by atoms with E-state index in [1.54, 1.807) is 40.6 Å². The monoisotopic (exact) mass is 683 g/mol. The SMILES string of the molecule is COc1c2cc(C(=O)NCCC[Si](OC)(OC)OC)cc1COC[C@@H](c1ccccc1)OCCOCCOC(c1ccccc1)COC2. The van der Waals surface area contributed by atoms with Gasteiger partial charge in [-0.15, -0.1) is 0 Å². The molecule has 0 saturated heterocycles. The van der Waals surface area contributed by atoms with E-state index in [0.29, 0.717) is 70.0 Å². The van der Waals surface area contributed by atoms with E-state index in [-0.39, 0.29) is 31.3 Å². The van der Waals surface area contributed by atoms with Gasteiger partial charge in [-0.1, -0.05) is 60.7 Å². The molecule has 0 aromatic heterocycles. The zero-order chi connectivity index (χ0) is 34.0. The van der Waals surface area contributed by atoms with Gasteiger partial charge in [0.25, 0.3) is 5.91 Å². The molecule has 0 saturated carbocycles. The van der Waals surface area contributed by atoms with E-state index in [0.717, 1.165) is 22.3 Å². The number of fused-ring (bicyclic) bond motifs is 2. The molecule has 1 aliphatic heterocycles. The number of rotatable bonds is 11. The fourth-order valence-electron chi connectivity index (χ4n) is 5.50. The van der Waals surface area contributed by atoms with Crippen LogP contribution in [0.15, 0.2) is 72.8 Å². The molecule has 0 fully saturated rings. The third kappa shape index (κ3) is 11.2. The lowest BCUT2D eigenvalue weighted by Gasteiger charge is -2.24. The topological polar surface area (TPSA) is 112 Å². The van der Waals surface area contributed by atoms with Crippen LogP contribution in [0.25, 0.3) is 0 Å². The number of hydrogen-bond acceptors (Lipinski definition) is 10. The van der Waals surface area contributed by atoms with Crippen LogP contribution in [0.5, 0.6) is 5.75 Å². The first-order valence-corrected chi connectivity index (χ1v) is 18.2. The lowest BCUT2D eigenvalue weighted by molar-refractivity contribution is -0.0646. The smallest absolute Gasteiger partial charge is 0.496 e. The average Bonchev–Trinajstić information content (AvgIpc) is 3.13. The number of methoxy groups -OCH3 is 1. The number of ether oxygens (including phenoxy) is 6. The van der Waals surface area contributed by atoms with Crippen molar-refractivity contribution in [2.45, 2.75) is 37.9 Å². The van der Waals surface area contributed by atoms with E-state index >= 15 is 0 Å². The fraction of sp³-hybridized carbons (Fsp3) is 0.472. The molecule has 262 valence electrons. The van der Waals surface area contributed by atoms with E-state index in [1.165, 1.54) is 0 Å². The minimum Gasteiger partial charge on any atom is -0.496 e. The molecule has 0 aliphatic carbocycles. The molecule has 1 heterocycles. The van der Waals surface area contributed by atoms with Crippen LogP contribution < -0.4 is 10.1 Å². The molecule has 1 aliphatic rings. The average molecular weight is 684 g/mol. The fourth-order valence-corrected chi connectivity index (χ4v) is 7.22. The highest BCUT2D eigenvalue weighted by atomic mass is 28.4. The molecule has 0 radical (unpaired) electrons. The minimum absolute atomic E-state index is 0.194. The van der Waals surface area contributed by atoms with Gasteiger partial charge in [-0.2, -0.15) is 0 Å². The maximum absolute atomic E-state index is 13.5. The van der Waals surface area contributed by atoms with Crippen molar-refractivity contribution in [1.82, 2.24) is 5.32 Å². The Hall–Kier alpha value is -3.17. The number of benzene rings is 3. The van der Waals surface area contributed by atoms with Gasteiger partial charge >= 0.3 is 8.80 Å². The molecular formula is C36H49NO10Si. The first-order valence-electron chi connectivity index (χ1n) is 16.2. The van der Waals surface area contributed by atoms with Crippen LogP contribution in [0.4, 0.5) is 0 Å². The first kappa shape index (κ1) is 37.6. The highest BCUT2D eigenvalue weighted by Gasteiger charge is 2.36. The third-order valence-corrected chi connectivity index (χ3v) is 10.9. The van der Waals surface area contributed by atoms with Gasteiger partial charge in [-0.05, 0) is 29.7 Å². The van der Waals surface area contributed by atoms with Gasteiger partial charge in [0.15, 0.2) is 0 Å². The van der Waals surface area contributed by atoms with Gasteiger partial charge in [0, 0.05) is 50.6 Å². The normalized spacial score (nSPS) is 18.8. The van der Waals surface area contributed by atoms with Gasteiger partial charge in [-0.3, -0.25) is 4.79 Å². The molecule has 2 bridgehead atoms. The number of nitrogens with one attached hydrogen (secondary N) is 1. The van der Waals surface area contributed by atoms with E-state index in [4.69, 9.17) is 41.7 Å². The van der Waals surface area contributed by atoms with Crippen molar-refractivity contribution in [3.05, 3.63) is 101 Å². The van der Waals surface area contributed by atoms with Crippen LogP contribution in [0, 0.1) is 0 Å². The summed E-state index contributed by atoms with van der Waals surface area (Å²) in [6, 6.07) is 24.0. The van der Waals surface area contributed by atoms with Crippen LogP contribution >= 0.6 is 0 Å². The van der Waals surface area contributed by atoms with Crippen molar-refractivity contribution >= 4 is 14.7 Å². The zero-order valence-corrected chi connectivity index (χ0v) is 29.4. The number of amides is 1. The highest BCUT2D eigenvalue weighted by Crippen LogP contribution is 2.29. The molecule has 3 aromatic carbocycles. The van der Waals surface area contributed by atoms with Crippen molar-refractivity contribution in [2.75, 3.05) is 74.6 Å². The van der Waals surface area contributed by atoms with Gasteiger partial charge < -0.3 is 47.0 Å². The highest BCUT2D eigenvalue weighted by molar-refractivity contribution is 6.60. The number of carbonyl (C=O) groups excluding carboxylic acids is 1. The van der Waals surface area contributed by atoms with Gasteiger partial charge in [0.1, 0.15) is 18.0 Å². The Morgan fingerprint density at radius 3 is 1.69 bits per heavy atom. The van der Waals surface area contributed by atoms with Crippen LogP contribution in [0.2, 0.25) is 6.04 Å². The second-order valence-electron chi connectivity index (χ2n) is 11.2. The lowest BCUT2D eigenvalue weighted by Crippen LogP contribution is -2.43. The predicted octanol–water partition coefficient (Wildman–Crippen LogP) is 5.27. The Balaban J connectivity index is 1.56. The molecule has 0 spiro atoms. The second kappa shape index (κ2) is 20.4. The zero-order valence-electron chi connectivity index (χ0n) is 28.4. The molecule has 12 heteroatoms. The number of carbonyl (C=O) groups is 1. The molecule has 4 rings (SSSR count). The summed E-state index contributed by atoms with van der Waals surface area (Å²) in [7, 11) is 3.60. The molecule has 1 unspecified atom stereocenters. The number of hydrogen-bond donors (Lipinski definition) is 1. The molecule has 48 heavy (non-hydrogen) atoms. The molecule has 1 amide bonds. The van der Waals surface area contributed by atoms with Crippen LogP contribution in [0.3, 0.4) is 0 Å². The maximum atomic E-state index is 13.5. The van der Waals surface area contributed by atoms with Crippen LogP contribution in [0.1, 0.15) is 51.2 Å². The maximum Gasteiger partial charge on any atom is 0.500 e. The summed E-state index contributed by atoms with van der Waals surface area (Å²) >= 11 is 0. The van der Waals surface area contributed by atoms with Crippen molar-refractivity contribution in [1.29, 1.82) is 0 Å². The van der Waals surface area contributed by atoms with E-state index in [9.17, 15) is 4.79 Å². The van der Waals surface area contributed by atoms with Crippen molar-refractivity contribution in [3.8, 4) is 5.75 Å². The molecule has 11 nitrogen and oxygen atoms in total. The first-order chi connectivity index (χ1) is 23.5. The standard InChI is InChI=1S/C36H49NO10Si/c1-39-35-31-22-30(36(38)37-16-11-21-48(40-2,41-3)42-4)23-32(35)25-45-27-34(29-14-9-6-10-15-29)47-20-18-43-17-19-46-33(26-44-24-31)28-12-7-5-8-13-28/h5-10,12-15,22-23,33-34H,11,16-21,24-27H2,1-4H3,(H,37,38)/t33-,34?/m0/s1. The van der Waals surface area contributed by atoms with E-state index in [2.05, 4.69) is 5.32 Å². The summed E-state index contributed by atoms with van der Waals surface area (Å²) < 4.78 is 53.1. The van der Waals surface area contributed by atoms with Crippen LogP contribution in [-0.2, 0) is 50.2 Å². The summed E-state index contributed by atoms with van der Waals surface area (Å²) in [5.74, 6) is 0.379. The summed E-state index contributed by atoms with van der Waals surface area (Å²) in [4.78, 5) is 13.5. The Morgan fingerprint density at radius 2 is 1.23 bits per heavy atom. The van der Waals surface area contributed by atoms with Gasteiger partial charge in [0.2, 0.25) is 0 Å². The molecule has 3 aromatic rings. The summed E-state index contributed by atoms with van der Waals surface area (Å²) in [5, 5.41) is 3.02. The Morgan fingerprint density at radius 1 is 0.729 bits per heavy atom. The van der Waals surface area contributed by atoms with Crippen LogP contribution in [-0.4, -0.2) is 89.3 Å². The summed E-state index contributed by atoms with van der Waals surface area (Å²) in [6.07, 6.45) is 0.00632. The predicted molar refractivity (Wildman–Crippen MR) is 182 cm³/mol. The summed E-state index contributed by atoms with van der Waals surface area (Å²) in [5.41, 5.74) is 3.91. The van der Waals surface area contributed by atoms with E-state index < -0.39 is 8.80 Å². The van der Waals surface area contributed by atoms with Crippen molar-refractivity contribution < 1.29 is 46.5 Å². The van der Waals surface area contributed by atoms with Gasteiger partial charge in [0.05, 0.1) is 60.0 Å². The Kier molecular flexibility index (Phi) is 16.0. The largest absolute Gasteiger partial charge is 0.500 e. The Labute approximate surface area is 285 Å². The van der Waals surface area contributed by atoms with Crippen molar-refractivity contribution in [3.63, 3.8) is 0 Å². The molecule has 1 N–H and O–H groups in total. The third-order valence-electron chi connectivity index (χ3n) is 8.08. The second-order valence-corrected chi connectivity index (χ2v) is 14.3. The summed E-state index contributed by atoms with van der Waals surface area (Å²) in [6.45, 7) is 3.00. The lowest BCUT2D eigenvalue weighted by atomic mass is 10.0. The van der Waals surface area contributed by atoms with E-state index in [1.807, 2.05) is 60.7 Å². The minimum atomic E-state index is -2.74.